The minimum atomic E-state index is -0.254. The van der Waals surface area contributed by atoms with Crippen molar-refractivity contribution in [2.45, 2.75) is 0 Å². The van der Waals surface area contributed by atoms with Gasteiger partial charge in [-0.05, 0) is 36.4 Å². The first-order valence-corrected chi connectivity index (χ1v) is 11.4. The van der Waals surface area contributed by atoms with Crippen LogP contribution in [0.5, 0.6) is 0 Å². The summed E-state index contributed by atoms with van der Waals surface area (Å²) in [5.41, 5.74) is 3.10. The number of aromatic nitrogens is 4. The molecule has 0 spiro atoms. The Bertz CT molecular complexity index is 1640. The zero-order chi connectivity index (χ0) is 24.7. The van der Waals surface area contributed by atoms with E-state index in [-0.39, 0.29) is 22.7 Å². The summed E-state index contributed by atoms with van der Waals surface area (Å²) in [7, 11) is 3.56. The second kappa shape index (κ2) is 8.49. The van der Waals surface area contributed by atoms with Crippen LogP contribution in [-0.2, 0) is 14.1 Å². The highest BCUT2D eigenvalue weighted by atomic mass is 32.1. The minimum absolute atomic E-state index is 0.0106. The average molecular weight is 479 g/mol. The Labute approximate surface area is 204 Å². The molecule has 0 saturated carbocycles. The molecule has 3 heterocycles. The van der Waals surface area contributed by atoms with Crippen LogP contribution in [0.15, 0.2) is 60.7 Å². The normalized spacial score (nSPS) is 12.8. The van der Waals surface area contributed by atoms with Gasteiger partial charge < -0.3 is 19.3 Å². The second-order valence-corrected chi connectivity index (χ2v) is 8.88. The second-order valence-electron chi connectivity index (χ2n) is 7.80. The Morgan fingerprint density at radius 1 is 0.714 bits per heavy atom. The zero-order valence-corrected chi connectivity index (χ0v) is 19.6. The standard InChI is InChI=1S/C26H18N6O2S/c1-31-19-9-5-3-7-17(19)29-25(31)15(13-27)23(33)21-11-12-22(35-21)24(34)16(14-28)26-30-18-8-4-6-10-20(18)32(26)2/h3-12,33-34H,1-2H3. The maximum atomic E-state index is 11.0. The number of aryl methyl sites for hydroxylation is 2. The third kappa shape index (κ3) is 3.52. The summed E-state index contributed by atoms with van der Waals surface area (Å²) < 4.78 is 3.49. The van der Waals surface area contributed by atoms with Crippen molar-refractivity contribution in [3.8, 4) is 12.1 Å². The van der Waals surface area contributed by atoms with Crippen LogP contribution in [-0.4, -0.2) is 29.3 Å². The van der Waals surface area contributed by atoms with E-state index in [9.17, 15) is 20.7 Å². The van der Waals surface area contributed by atoms with E-state index in [0.29, 0.717) is 32.4 Å². The SMILES string of the molecule is Cn1c(C(C#N)=C(O)c2ccc(C(O)=C(C#N)c3nc4ccccc4n3C)s2)nc2ccccc21. The molecule has 170 valence electrons. The van der Waals surface area contributed by atoms with Crippen molar-refractivity contribution in [3.05, 3.63) is 82.1 Å². The average Bonchev–Trinajstić information content (AvgIpc) is 3.58. The van der Waals surface area contributed by atoms with E-state index in [1.54, 1.807) is 35.4 Å². The van der Waals surface area contributed by atoms with Crippen molar-refractivity contribution in [1.82, 2.24) is 19.1 Å². The Balaban J connectivity index is 1.59. The van der Waals surface area contributed by atoms with Crippen LogP contribution in [0.1, 0.15) is 21.4 Å². The molecule has 2 N–H and O–H groups in total. The highest BCUT2D eigenvalue weighted by Gasteiger charge is 2.22. The first-order valence-electron chi connectivity index (χ1n) is 10.6. The van der Waals surface area contributed by atoms with E-state index >= 15 is 0 Å². The fraction of sp³-hybridized carbons (Fsp3) is 0.0769. The molecule has 0 fully saturated rings. The van der Waals surface area contributed by atoms with Gasteiger partial charge in [-0.3, -0.25) is 0 Å². The maximum absolute atomic E-state index is 11.0. The number of aliphatic hydroxyl groups is 2. The summed E-state index contributed by atoms with van der Waals surface area (Å²) in [4.78, 5) is 9.71. The molecule has 0 saturated heterocycles. The number of hydrogen-bond donors (Lipinski definition) is 2. The van der Waals surface area contributed by atoms with Crippen LogP contribution >= 0.6 is 11.3 Å². The highest BCUT2D eigenvalue weighted by Crippen LogP contribution is 2.34. The topological polar surface area (TPSA) is 124 Å². The molecule has 0 unspecified atom stereocenters. The molecule has 9 heteroatoms. The molecule has 3 aromatic heterocycles. The van der Waals surface area contributed by atoms with Crippen LogP contribution in [0, 0.1) is 22.7 Å². The van der Waals surface area contributed by atoms with Gasteiger partial charge in [0.1, 0.15) is 23.3 Å². The van der Waals surface area contributed by atoms with Crippen LogP contribution in [0.25, 0.3) is 44.7 Å². The summed E-state index contributed by atoms with van der Waals surface area (Å²) >= 11 is 1.06. The van der Waals surface area contributed by atoms with Crippen molar-refractivity contribution < 1.29 is 10.2 Å². The number of imidazole rings is 2. The summed E-state index contributed by atoms with van der Waals surface area (Å²) in [6.07, 6.45) is 0. The Morgan fingerprint density at radius 2 is 1.11 bits per heavy atom. The molecule has 0 aliphatic rings. The van der Waals surface area contributed by atoms with Crippen molar-refractivity contribution in [1.29, 1.82) is 10.5 Å². The number of nitrogens with zero attached hydrogens (tertiary/aromatic N) is 6. The number of allylic oxidation sites excluding steroid dienone is 2. The molecule has 0 aliphatic heterocycles. The van der Waals surface area contributed by atoms with Gasteiger partial charge in [0.05, 0.1) is 31.8 Å². The maximum Gasteiger partial charge on any atom is 0.155 e. The van der Waals surface area contributed by atoms with Gasteiger partial charge >= 0.3 is 0 Å². The molecular formula is C26H18N6O2S. The van der Waals surface area contributed by atoms with Crippen LogP contribution in [0.2, 0.25) is 0 Å². The fourth-order valence-electron chi connectivity index (χ4n) is 3.99. The van der Waals surface area contributed by atoms with E-state index < -0.39 is 0 Å². The van der Waals surface area contributed by atoms with E-state index in [0.717, 1.165) is 22.4 Å². The van der Waals surface area contributed by atoms with Crippen molar-refractivity contribution in [2.24, 2.45) is 14.1 Å². The molecular weight excluding hydrogens is 460 g/mol. The minimum Gasteiger partial charge on any atom is -0.505 e. The Kier molecular flexibility index (Phi) is 5.33. The van der Waals surface area contributed by atoms with Gasteiger partial charge in [-0.15, -0.1) is 11.3 Å². The monoisotopic (exact) mass is 478 g/mol. The molecule has 8 nitrogen and oxygen atoms in total. The number of rotatable bonds is 4. The number of nitriles is 2. The molecule has 0 radical (unpaired) electrons. The predicted molar refractivity (Wildman–Crippen MR) is 136 cm³/mol. The van der Waals surface area contributed by atoms with Gasteiger partial charge in [0.15, 0.2) is 23.2 Å². The van der Waals surface area contributed by atoms with E-state index in [1.807, 2.05) is 48.5 Å². The van der Waals surface area contributed by atoms with Gasteiger partial charge in [-0.2, -0.15) is 10.5 Å². The molecule has 0 aliphatic carbocycles. The quantitative estimate of drug-likeness (QED) is 0.262. The lowest BCUT2D eigenvalue weighted by Crippen LogP contribution is -1.99. The molecule has 5 aromatic rings. The van der Waals surface area contributed by atoms with Crippen molar-refractivity contribution >= 4 is 56.1 Å². The first kappa shape index (κ1) is 22.0. The Hall–Kier alpha value is -4.86. The third-order valence-corrected chi connectivity index (χ3v) is 6.89. The lowest BCUT2D eigenvalue weighted by molar-refractivity contribution is 0.515. The fourth-order valence-corrected chi connectivity index (χ4v) is 4.90. The number of benzene rings is 2. The molecule has 35 heavy (non-hydrogen) atoms. The largest absolute Gasteiger partial charge is 0.505 e. The first-order chi connectivity index (χ1) is 16.9. The van der Waals surface area contributed by atoms with Crippen LogP contribution in [0.3, 0.4) is 0 Å². The Morgan fingerprint density at radius 3 is 1.49 bits per heavy atom. The smallest absolute Gasteiger partial charge is 0.155 e. The van der Waals surface area contributed by atoms with Gasteiger partial charge in [-0.25, -0.2) is 9.97 Å². The van der Waals surface area contributed by atoms with Crippen LogP contribution in [0.4, 0.5) is 0 Å². The highest BCUT2D eigenvalue weighted by molar-refractivity contribution is 7.14. The van der Waals surface area contributed by atoms with E-state index in [4.69, 9.17) is 0 Å². The lowest BCUT2D eigenvalue weighted by atomic mass is 10.2. The predicted octanol–water partition coefficient (Wildman–Crippen LogP) is 5.42. The zero-order valence-electron chi connectivity index (χ0n) is 18.8. The number of thiophene rings is 1. The summed E-state index contributed by atoms with van der Waals surface area (Å²) in [5, 5.41) is 41.6. The number of fused-ring (bicyclic) bond motifs is 2. The molecule has 0 atom stereocenters. The number of aliphatic hydroxyl groups excluding tert-OH is 2. The molecule has 5 rings (SSSR count). The molecule has 0 bridgehead atoms. The number of para-hydroxylation sites is 4. The number of hydrogen-bond acceptors (Lipinski definition) is 7. The van der Waals surface area contributed by atoms with Gasteiger partial charge in [0, 0.05) is 14.1 Å². The molecule has 0 amide bonds. The van der Waals surface area contributed by atoms with Crippen LogP contribution < -0.4 is 0 Å². The summed E-state index contributed by atoms with van der Waals surface area (Å²) in [5.74, 6) is 0.157. The third-order valence-electron chi connectivity index (χ3n) is 5.79. The van der Waals surface area contributed by atoms with Gasteiger partial charge in [0.2, 0.25) is 0 Å². The van der Waals surface area contributed by atoms with Crippen molar-refractivity contribution in [2.75, 3.05) is 0 Å². The van der Waals surface area contributed by atoms with Gasteiger partial charge in [-0.1, -0.05) is 24.3 Å². The van der Waals surface area contributed by atoms with Gasteiger partial charge in [0.25, 0.3) is 0 Å². The summed E-state index contributed by atoms with van der Waals surface area (Å²) in [6, 6.07) is 22.2. The van der Waals surface area contributed by atoms with E-state index in [2.05, 4.69) is 22.1 Å². The van der Waals surface area contributed by atoms with Crippen molar-refractivity contribution in [3.63, 3.8) is 0 Å². The molecule has 2 aromatic carbocycles. The lowest BCUT2D eigenvalue weighted by Gasteiger charge is -2.04. The summed E-state index contributed by atoms with van der Waals surface area (Å²) in [6.45, 7) is 0. The van der Waals surface area contributed by atoms with E-state index in [1.165, 1.54) is 0 Å².